The maximum atomic E-state index is 12.8. The number of hydrogen-bond acceptors (Lipinski definition) is 6. The van der Waals surface area contributed by atoms with Crippen LogP contribution in [0.15, 0.2) is 59.7 Å². The largest absolute Gasteiger partial charge is 0.493 e. The third kappa shape index (κ3) is 9.02. The number of hydrazone groups is 1. The number of amidine groups is 1. The van der Waals surface area contributed by atoms with E-state index in [9.17, 15) is 4.79 Å². The predicted molar refractivity (Wildman–Crippen MR) is 141 cm³/mol. The molecule has 0 unspecified atom stereocenters. The van der Waals surface area contributed by atoms with Crippen molar-refractivity contribution in [3.8, 4) is 5.75 Å². The van der Waals surface area contributed by atoms with E-state index in [1.807, 2.05) is 55.5 Å². The number of benzene rings is 2. The maximum absolute atomic E-state index is 12.8. The first kappa shape index (κ1) is 26.7. The van der Waals surface area contributed by atoms with Crippen LogP contribution in [0.1, 0.15) is 42.3 Å². The zero-order valence-corrected chi connectivity index (χ0v) is 21.5. The van der Waals surface area contributed by atoms with Crippen molar-refractivity contribution >= 4 is 23.3 Å². The lowest BCUT2D eigenvalue weighted by molar-refractivity contribution is 0.0342. The van der Waals surface area contributed by atoms with Gasteiger partial charge in [-0.1, -0.05) is 43.7 Å². The molecule has 0 saturated carbocycles. The minimum absolute atomic E-state index is 0.217. The Balaban J connectivity index is 1.59. The Labute approximate surface area is 213 Å². The summed E-state index contributed by atoms with van der Waals surface area (Å²) in [4.78, 5) is 15.1. The number of allylic oxidation sites excluding steroid dienone is 1. The molecular weight excluding hydrogens is 464 g/mol. The summed E-state index contributed by atoms with van der Waals surface area (Å²) in [6.07, 6.45) is 3.56. The number of carbonyl (C=O) groups excluding carboxylic acids is 1. The van der Waals surface area contributed by atoms with E-state index in [0.29, 0.717) is 35.5 Å². The lowest BCUT2D eigenvalue weighted by atomic mass is 10.1. The fourth-order valence-electron chi connectivity index (χ4n) is 3.53. The Bertz CT molecular complexity index is 1020. The van der Waals surface area contributed by atoms with Gasteiger partial charge in [0.15, 0.2) is 5.84 Å². The van der Waals surface area contributed by atoms with Crippen LogP contribution in [-0.2, 0) is 17.8 Å². The molecule has 1 fully saturated rings. The van der Waals surface area contributed by atoms with Crippen LogP contribution in [-0.4, -0.2) is 49.6 Å². The summed E-state index contributed by atoms with van der Waals surface area (Å²) in [6, 6.07) is 13.2. The standard InChI is InChI=1S/C27H35ClN4O3/c1-4-5-26(31-29-17-23-16-24(28)10-11-25(23)35-19-20(2)3)30-27(33)22-8-6-21(7-9-22)18-32-12-14-34-15-13-32/h4-11,16,20,29H,12-15,17-19H2,1-3H3,(H,30,31,33)/b5-4+. The third-order valence-electron chi connectivity index (χ3n) is 5.36. The zero-order valence-electron chi connectivity index (χ0n) is 20.7. The fourth-order valence-corrected chi connectivity index (χ4v) is 3.72. The van der Waals surface area contributed by atoms with Gasteiger partial charge in [0, 0.05) is 35.8 Å². The van der Waals surface area contributed by atoms with Gasteiger partial charge in [0.1, 0.15) is 5.75 Å². The molecule has 8 heteroatoms. The molecule has 0 spiro atoms. The highest BCUT2D eigenvalue weighted by atomic mass is 35.5. The summed E-state index contributed by atoms with van der Waals surface area (Å²) < 4.78 is 11.3. The molecule has 3 rings (SSSR count). The van der Waals surface area contributed by atoms with Crippen molar-refractivity contribution in [2.45, 2.75) is 33.9 Å². The molecule has 1 saturated heterocycles. The summed E-state index contributed by atoms with van der Waals surface area (Å²) >= 11 is 6.18. The number of nitrogens with zero attached hydrogens (tertiary/aromatic N) is 2. The number of amides is 1. The summed E-state index contributed by atoms with van der Waals surface area (Å²) in [6.45, 7) is 11.3. The van der Waals surface area contributed by atoms with Gasteiger partial charge in [-0.25, -0.2) is 0 Å². The van der Waals surface area contributed by atoms with Crippen LogP contribution in [0.25, 0.3) is 0 Å². The van der Waals surface area contributed by atoms with E-state index in [1.165, 1.54) is 5.56 Å². The molecule has 2 aromatic carbocycles. The van der Waals surface area contributed by atoms with Gasteiger partial charge in [0.2, 0.25) is 0 Å². The number of halogens is 1. The molecule has 188 valence electrons. The van der Waals surface area contributed by atoms with Crippen molar-refractivity contribution in [1.29, 1.82) is 0 Å². The molecule has 0 bridgehead atoms. The minimum Gasteiger partial charge on any atom is -0.493 e. The first-order valence-electron chi connectivity index (χ1n) is 12.0. The van der Waals surface area contributed by atoms with E-state index in [0.717, 1.165) is 44.2 Å². The Morgan fingerprint density at radius 2 is 1.94 bits per heavy atom. The van der Waals surface area contributed by atoms with Crippen LogP contribution < -0.4 is 15.5 Å². The molecule has 0 atom stereocenters. The SMILES string of the molecule is C/C=C/C(=N\NCc1cc(Cl)ccc1OCC(C)C)NC(=O)c1ccc(CN2CCOCC2)cc1. The number of morpholine rings is 1. The molecule has 0 aromatic heterocycles. The Morgan fingerprint density at radius 3 is 2.63 bits per heavy atom. The molecule has 2 N–H and O–H groups in total. The van der Waals surface area contributed by atoms with Gasteiger partial charge in [0.25, 0.3) is 5.91 Å². The fraction of sp³-hybridized carbons (Fsp3) is 0.407. The van der Waals surface area contributed by atoms with Gasteiger partial charge in [-0.2, -0.15) is 5.10 Å². The van der Waals surface area contributed by atoms with Gasteiger partial charge in [-0.05, 0) is 54.8 Å². The highest BCUT2D eigenvalue weighted by Crippen LogP contribution is 2.23. The number of carbonyl (C=O) groups is 1. The third-order valence-corrected chi connectivity index (χ3v) is 5.59. The van der Waals surface area contributed by atoms with E-state index in [-0.39, 0.29) is 5.91 Å². The molecule has 2 aromatic rings. The van der Waals surface area contributed by atoms with Crippen LogP contribution >= 0.6 is 11.6 Å². The summed E-state index contributed by atoms with van der Waals surface area (Å²) in [5.41, 5.74) is 5.66. The van der Waals surface area contributed by atoms with Gasteiger partial charge in [0.05, 0.1) is 26.4 Å². The minimum atomic E-state index is -0.217. The van der Waals surface area contributed by atoms with Crippen LogP contribution in [0, 0.1) is 5.92 Å². The molecule has 7 nitrogen and oxygen atoms in total. The van der Waals surface area contributed by atoms with E-state index in [1.54, 1.807) is 6.08 Å². The van der Waals surface area contributed by atoms with Crippen molar-refractivity contribution in [2.75, 3.05) is 32.9 Å². The first-order chi connectivity index (χ1) is 16.9. The number of nitrogens with one attached hydrogen (secondary N) is 2. The predicted octanol–water partition coefficient (Wildman–Crippen LogP) is 4.62. The van der Waals surface area contributed by atoms with Gasteiger partial charge >= 0.3 is 0 Å². The molecule has 35 heavy (non-hydrogen) atoms. The topological polar surface area (TPSA) is 75.2 Å². The van der Waals surface area contributed by atoms with E-state index >= 15 is 0 Å². The Morgan fingerprint density at radius 1 is 1.20 bits per heavy atom. The van der Waals surface area contributed by atoms with Crippen molar-refractivity contribution in [1.82, 2.24) is 15.6 Å². The van der Waals surface area contributed by atoms with E-state index in [2.05, 4.69) is 34.6 Å². The molecule has 1 heterocycles. The molecule has 1 aliphatic heterocycles. The lowest BCUT2D eigenvalue weighted by Crippen LogP contribution is -2.35. The molecule has 1 aliphatic rings. The van der Waals surface area contributed by atoms with Crippen LogP contribution in [0.2, 0.25) is 5.02 Å². The number of ether oxygens (including phenoxy) is 2. The van der Waals surface area contributed by atoms with Crippen molar-refractivity contribution in [2.24, 2.45) is 11.0 Å². The quantitative estimate of drug-likeness (QED) is 0.284. The Kier molecular flexibility index (Phi) is 10.6. The Hall–Kier alpha value is -2.87. The van der Waals surface area contributed by atoms with Crippen LogP contribution in [0.5, 0.6) is 5.75 Å². The molecule has 0 radical (unpaired) electrons. The number of rotatable bonds is 10. The van der Waals surface area contributed by atoms with Crippen molar-refractivity contribution in [3.05, 3.63) is 76.3 Å². The van der Waals surface area contributed by atoms with Gasteiger partial charge in [-0.3, -0.25) is 9.69 Å². The number of hydrogen-bond donors (Lipinski definition) is 2. The summed E-state index contributed by atoms with van der Waals surface area (Å²) in [5.74, 6) is 1.38. The molecule has 0 aliphatic carbocycles. The second-order valence-electron chi connectivity index (χ2n) is 8.83. The highest BCUT2D eigenvalue weighted by molar-refractivity contribution is 6.30. The average Bonchev–Trinajstić information content (AvgIpc) is 2.84. The summed E-state index contributed by atoms with van der Waals surface area (Å²) in [5, 5.41) is 7.86. The highest BCUT2D eigenvalue weighted by Gasteiger charge is 2.12. The normalized spacial score (nSPS) is 14.9. The van der Waals surface area contributed by atoms with Crippen molar-refractivity contribution in [3.63, 3.8) is 0 Å². The maximum Gasteiger partial charge on any atom is 0.256 e. The second kappa shape index (κ2) is 13.9. The van der Waals surface area contributed by atoms with Crippen LogP contribution in [0.4, 0.5) is 0 Å². The smallest absolute Gasteiger partial charge is 0.256 e. The van der Waals surface area contributed by atoms with Gasteiger partial charge < -0.3 is 20.2 Å². The average molecular weight is 499 g/mol. The second-order valence-corrected chi connectivity index (χ2v) is 9.26. The van der Waals surface area contributed by atoms with Crippen LogP contribution in [0.3, 0.4) is 0 Å². The zero-order chi connectivity index (χ0) is 25.0. The first-order valence-corrected chi connectivity index (χ1v) is 12.4. The van der Waals surface area contributed by atoms with Crippen molar-refractivity contribution < 1.29 is 14.3 Å². The molecule has 1 amide bonds. The lowest BCUT2D eigenvalue weighted by Gasteiger charge is -2.26. The van der Waals surface area contributed by atoms with E-state index < -0.39 is 0 Å². The molecular formula is C27H35ClN4O3. The van der Waals surface area contributed by atoms with Gasteiger partial charge in [-0.15, -0.1) is 0 Å². The van der Waals surface area contributed by atoms with E-state index in [4.69, 9.17) is 21.1 Å². The monoisotopic (exact) mass is 498 g/mol. The summed E-state index contributed by atoms with van der Waals surface area (Å²) in [7, 11) is 0.